The van der Waals surface area contributed by atoms with Crippen molar-refractivity contribution in [1.82, 2.24) is 15.3 Å². The molecular weight excluding hydrogens is 312 g/mol. The summed E-state index contributed by atoms with van der Waals surface area (Å²) in [6.45, 7) is 3.62. The van der Waals surface area contributed by atoms with Crippen molar-refractivity contribution in [1.29, 1.82) is 0 Å². The number of anilines is 1. The predicted octanol–water partition coefficient (Wildman–Crippen LogP) is 0.753. The van der Waals surface area contributed by atoms with Gasteiger partial charge < -0.3 is 15.0 Å². The summed E-state index contributed by atoms with van der Waals surface area (Å²) >= 11 is 3.38. The highest BCUT2D eigenvalue weighted by atomic mass is 79.9. The number of carbonyl (C=O) groups excluding carboxylic acids is 1. The molecule has 0 saturated carbocycles. The van der Waals surface area contributed by atoms with Crippen LogP contribution in [0.3, 0.4) is 0 Å². The Labute approximate surface area is 120 Å². The first-order valence-corrected chi connectivity index (χ1v) is 7.04. The fourth-order valence-corrected chi connectivity index (χ4v) is 2.43. The number of nitrogens with zero attached hydrogens (tertiary/aromatic N) is 3. The molecule has 1 aliphatic heterocycles. The number of aryl methyl sites for hydroxylation is 1. The van der Waals surface area contributed by atoms with E-state index < -0.39 is 0 Å². The summed E-state index contributed by atoms with van der Waals surface area (Å²) in [6, 6.07) is 1.49. The highest BCUT2D eigenvalue weighted by Crippen LogP contribution is 2.21. The lowest BCUT2D eigenvalue weighted by atomic mass is 10.2. The number of ether oxygens (including phenoxy) is 1. The number of hydrogen-bond donors (Lipinski definition) is 1. The van der Waals surface area contributed by atoms with E-state index in [9.17, 15) is 4.79 Å². The van der Waals surface area contributed by atoms with Gasteiger partial charge in [0.05, 0.1) is 13.2 Å². The lowest BCUT2D eigenvalue weighted by Crippen LogP contribution is -2.53. The highest BCUT2D eigenvalue weighted by molar-refractivity contribution is 9.10. The maximum atomic E-state index is 11.9. The lowest BCUT2D eigenvalue weighted by molar-refractivity contribution is -0.124. The van der Waals surface area contributed by atoms with Crippen molar-refractivity contribution in [2.75, 3.05) is 31.7 Å². The van der Waals surface area contributed by atoms with Gasteiger partial charge in [-0.25, -0.2) is 9.97 Å². The third-order valence-corrected chi connectivity index (χ3v) is 3.42. The fraction of sp³-hybridized carbons (Fsp3) is 0.583. The van der Waals surface area contributed by atoms with Crippen LogP contribution in [0.25, 0.3) is 0 Å². The first-order valence-electron chi connectivity index (χ1n) is 6.25. The van der Waals surface area contributed by atoms with Crippen LogP contribution in [0.1, 0.15) is 12.7 Å². The lowest BCUT2D eigenvalue weighted by Gasteiger charge is -2.35. The summed E-state index contributed by atoms with van der Waals surface area (Å²) in [5.41, 5.74) is 0. The molecule has 1 atom stereocenters. The molecule has 0 radical (unpaired) electrons. The summed E-state index contributed by atoms with van der Waals surface area (Å²) in [7, 11) is 1.63. The summed E-state index contributed by atoms with van der Waals surface area (Å²) in [6.07, 6.45) is 0.751. The minimum absolute atomic E-state index is 0.0625. The third-order valence-electron chi connectivity index (χ3n) is 3.02. The number of likely N-dealkylation sites (N-methyl/N-ethyl adjacent to an activating group) is 1. The van der Waals surface area contributed by atoms with E-state index in [4.69, 9.17) is 4.74 Å². The normalized spacial score (nSPS) is 19.3. The predicted molar refractivity (Wildman–Crippen MR) is 75.1 cm³/mol. The minimum Gasteiger partial charge on any atom is -0.377 e. The van der Waals surface area contributed by atoms with E-state index in [1.165, 1.54) is 0 Å². The molecule has 1 aromatic rings. The van der Waals surface area contributed by atoms with Gasteiger partial charge in [-0.1, -0.05) is 6.92 Å². The van der Waals surface area contributed by atoms with E-state index in [1.54, 1.807) is 7.05 Å². The fourth-order valence-electron chi connectivity index (χ4n) is 2.02. The van der Waals surface area contributed by atoms with Gasteiger partial charge in [-0.05, 0) is 15.9 Å². The number of aromatic nitrogens is 2. The molecule has 19 heavy (non-hydrogen) atoms. The molecule has 1 aliphatic rings. The molecule has 2 rings (SSSR count). The zero-order valence-electron chi connectivity index (χ0n) is 11.0. The third kappa shape index (κ3) is 3.22. The first-order chi connectivity index (χ1) is 9.15. The first kappa shape index (κ1) is 14.2. The highest BCUT2D eigenvalue weighted by Gasteiger charge is 2.30. The Kier molecular flexibility index (Phi) is 4.71. The van der Waals surface area contributed by atoms with Crippen molar-refractivity contribution in [3.05, 3.63) is 16.5 Å². The van der Waals surface area contributed by atoms with Crippen molar-refractivity contribution in [2.24, 2.45) is 0 Å². The number of nitrogens with one attached hydrogen (secondary N) is 1. The molecule has 1 saturated heterocycles. The van der Waals surface area contributed by atoms with Gasteiger partial charge in [0.1, 0.15) is 22.3 Å². The van der Waals surface area contributed by atoms with Gasteiger partial charge in [0.2, 0.25) is 5.91 Å². The second kappa shape index (κ2) is 6.29. The van der Waals surface area contributed by atoms with E-state index in [0.717, 1.165) is 22.7 Å². The molecular formula is C12H17BrN4O2. The van der Waals surface area contributed by atoms with E-state index in [2.05, 4.69) is 31.2 Å². The second-order valence-electron chi connectivity index (χ2n) is 4.22. The standard InChI is InChI=1S/C12H17BrN4O2/c1-3-10-15-9(13)6-11(16-10)17-4-5-19-7-8(17)12(18)14-2/h6,8H,3-5,7H2,1-2H3,(H,14,18). The zero-order valence-corrected chi connectivity index (χ0v) is 12.6. The largest absolute Gasteiger partial charge is 0.377 e. The molecule has 104 valence electrons. The summed E-state index contributed by atoms with van der Waals surface area (Å²) in [4.78, 5) is 22.6. The Hall–Kier alpha value is -1.21. The van der Waals surface area contributed by atoms with Crippen molar-refractivity contribution in [3.8, 4) is 0 Å². The Balaban J connectivity index is 2.31. The quantitative estimate of drug-likeness (QED) is 0.829. The molecule has 2 heterocycles. The van der Waals surface area contributed by atoms with E-state index in [1.807, 2.05) is 17.9 Å². The maximum Gasteiger partial charge on any atom is 0.244 e. The average molecular weight is 329 g/mol. The Morgan fingerprint density at radius 1 is 1.63 bits per heavy atom. The van der Waals surface area contributed by atoms with Crippen molar-refractivity contribution in [3.63, 3.8) is 0 Å². The molecule has 0 aliphatic carbocycles. The molecule has 0 bridgehead atoms. The zero-order chi connectivity index (χ0) is 13.8. The van der Waals surface area contributed by atoms with Gasteiger partial charge in [-0.3, -0.25) is 4.79 Å². The summed E-state index contributed by atoms with van der Waals surface area (Å²) in [5.74, 6) is 1.45. The molecule has 7 heteroatoms. The molecule has 1 amide bonds. The number of carbonyl (C=O) groups is 1. The molecule has 1 N–H and O–H groups in total. The van der Waals surface area contributed by atoms with Crippen LogP contribution in [0, 0.1) is 0 Å². The van der Waals surface area contributed by atoms with Gasteiger partial charge in [-0.15, -0.1) is 0 Å². The van der Waals surface area contributed by atoms with E-state index in [-0.39, 0.29) is 11.9 Å². The number of hydrogen-bond acceptors (Lipinski definition) is 5. The number of morpholine rings is 1. The van der Waals surface area contributed by atoms with E-state index >= 15 is 0 Å². The second-order valence-corrected chi connectivity index (χ2v) is 5.03. The monoisotopic (exact) mass is 328 g/mol. The van der Waals surface area contributed by atoms with Crippen LogP contribution >= 0.6 is 15.9 Å². The van der Waals surface area contributed by atoms with Crippen LogP contribution in [0.4, 0.5) is 5.82 Å². The van der Waals surface area contributed by atoms with Gasteiger partial charge >= 0.3 is 0 Å². The number of amides is 1. The topological polar surface area (TPSA) is 67.4 Å². The summed E-state index contributed by atoms with van der Waals surface area (Å²) < 4.78 is 6.12. The molecule has 1 fully saturated rings. The smallest absolute Gasteiger partial charge is 0.244 e. The van der Waals surface area contributed by atoms with Crippen molar-refractivity contribution >= 4 is 27.7 Å². The molecule has 6 nitrogen and oxygen atoms in total. The average Bonchev–Trinajstić information content (AvgIpc) is 2.45. The Bertz CT molecular complexity index is 469. The van der Waals surface area contributed by atoms with Crippen LogP contribution in [0.5, 0.6) is 0 Å². The van der Waals surface area contributed by atoms with Crippen molar-refractivity contribution < 1.29 is 9.53 Å². The van der Waals surface area contributed by atoms with Crippen LogP contribution in [-0.2, 0) is 16.0 Å². The Morgan fingerprint density at radius 2 is 2.42 bits per heavy atom. The van der Waals surface area contributed by atoms with Gasteiger partial charge in [0.15, 0.2) is 0 Å². The molecule has 0 spiro atoms. The number of rotatable bonds is 3. The Morgan fingerprint density at radius 3 is 3.11 bits per heavy atom. The SMILES string of the molecule is CCc1nc(Br)cc(N2CCOCC2C(=O)NC)n1. The van der Waals surface area contributed by atoms with Gasteiger partial charge in [0, 0.05) is 26.1 Å². The van der Waals surface area contributed by atoms with Crippen molar-refractivity contribution in [2.45, 2.75) is 19.4 Å². The molecule has 0 aromatic carbocycles. The molecule has 1 unspecified atom stereocenters. The van der Waals surface area contributed by atoms with Crippen LogP contribution in [-0.4, -0.2) is 48.7 Å². The van der Waals surface area contributed by atoms with Crippen LogP contribution in [0.15, 0.2) is 10.7 Å². The summed E-state index contributed by atoms with van der Waals surface area (Å²) in [5, 5.41) is 2.66. The minimum atomic E-state index is -0.342. The van der Waals surface area contributed by atoms with Gasteiger partial charge in [0.25, 0.3) is 0 Å². The number of halogens is 1. The van der Waals surface area contributed by atoms with Crippen LogP contribution < -0.4 is 10.2 Å². The van der Waals surface area contributed by atoms with Crippen LogP contribution in [0.2, 0.25) is 0 Å². The van der Waals surface area contributed by atoms with Gasteiger partial charge in [-0.2, -0.15) is 0 Å². The maximum absolute atomic E-state index is 11.9. The molecule has 1 aromatic heterocycles. The van der Waals surface area contributed by atoms with E-state index in [0.29, 0.717) is 19.8 Å².